The lowest BCUT2D eigenvalue weighted by atomic mass is 10.3. The Balaban J connectivity index is 2.69. The first-order valence-electron chi connectivity index (χ1n) is 4.67. The first kappa shape index (κ1) is 11.3. The van der Waals surface area contributed by atoms with Crippen LogP contribution < -0.4 is 0 Å². The monoisotopic (exact) mass is 225 g/mol. The Labute approximate surface area is 85.1 Å². The zero-order chi connectivity index (χ0) is 9.90. The lowest BCUT2D eigenvalue weighted by molar-refractivity contribution is 0.411. The van der Waals surface area contributed by atoms with Crippen LogP contribution in [0.1, 0.15) is 26.2 Å². The molecule has 5 heteroatoms. The largest absolute Gasteiger partial charge is 0.214 e. The summed E-state index contributed by atoms with van der Waals surface area (Å²) < 4.78 is 24.9. The third-order valence-corrected chi connectivity index (χ3v) is 4.80. The summed E-state index contributed by atoms with van der Waals surface area (Å²) in [6, 6.07) is 0.0400. The van der Waals surface area contributed by atoms with Gasteiger partial charge in [-0.1, -0.05) is 6.92 Å². The fourth-order valence-corrected chi connectivity index (χ4v) is 3.90. The number of hydrogen-bond acceptors (Lipinski definition) is 2. The van der Waals surface area contributed by atoms with E-state index in [9.17, 15) is 8.42 Å². The minimum atomic E-state index is -3.02. The van der Waals surface area contributed by atoms with E-state index in [-0.39, 0.29) is 11.8 Å². The molecule has 0 aromatic carbocycles. The SMILES string of the molecule is CCCS(=O)(=O)N1CCCC1CCl. The lowest BCUT2D eigenvalue weighted by Gasteiger charge is -2.21. The van der Waals surface area contributed by atoms with Gasteiger partial charge in [-0.3, -0.25) is 0 Å². The summed E-state index contributed by atoms with van der Waals surface area (Å²) in [6.45, 7) is 2.53. The summed E-state index contributed by atoms with van der Waals surface area (Å²) in [7, 11) is -3.02. The van der Waals surface area contributed by atoms with Gasteiger partial charge in [-0.2, -0.15) is 4.31 Å². The van der Waals surface area contributed by atoms with Gasteiger partial charge >= 0.3 is 0 Å². The van der Waals surface area contributed by atoms with Gasteiger partial charge in [0.1, 0.15) is 0 Å². The van der Waals surface area contributed by atoms with Crippen molar-refractivity contribution in [1.29, 1.82) is 0 Å². The van der Waals surface area contributed by atoms with Gasteiger partial charge in [-0.05, 0) is 19.3 Å². The molecule has 0 aromatic rings. The van der Waals surface area contributed by atoms with Crippen LogP contribution in [0.2, 0.25) is 0 Å². The van der Waals surface area contributed by atoms with Crippen LogP contribution in [0.5, 0.6) is 0 Å². The van der Waals surface area contributed by atoms with Gasteiger partial charge in [0.15, 0.2) is 0 Å². The molecule has 0 saturated carbocycles. The predicted molar refractivity (Wildman–Crippen MR) is 54.5 cm³/mol. The van der Waals surface area contributed by atoms with Crippen molar-refractivity contribution in [2.24, 2.45) is 0 Å². The summed E-state index contributed by atoms with van der Waals surface area (Å²) in [6.07, 6.45) is 2.53. The highest BCUT2D eigenvalue weighted by atomic mass is 35.5. The number of alkyl halides is 1. The molecule has 13 heavy (non-hydrogen) atoms. The molecule has 0 spiro atoms. The third kappa shape index (κ3) is 2.58. The minimum Gasteiger partial charge on any atom is -0.212 e. The molecule has 3 nitrogen and oxygen atoms in total. The van der Waals surface area contributed by atoms with E-state index in [0.29, 0.717) is 18.8 Å². The number of hydrogen-bond donors (Lipinski definition) is 0. The summed E-state index contributed by atoms with van der Waals surface area (Å²) in [5, 5.41) is 0. The van der Waals surface area contributed by atoms with Gasteiger partial charge < -0.3 is 0 Å². The van der Waals surface area contributed by atoms with Crippen LogP contribution in [0, 0.1) is 0 Å². The van der Waals surface area contributed by atoms with E-state index in [4.69, 9.17) is 11.6 Å². The van der Waals surface area contributed by atoms with Gasteiger partial charge in [0, 0.05) is 18.5 Å². The van der Waals surface area contributed by atoms with Crippen molar-refractivity contribution in [2.45, 2.75) is 32.2 Å². The van der Waals surface area contributed by atoms with Crippen LogP contribution in [-0.2, 0) is 10.0 Å². The third-order valence-electron chi connectivity index (χ3n) is 2.32. The van der Waals surface area contributed by atoms with Gasteiger partial charge in [-0.15, -0.1) is 11.6 Å². The van der Waals surface area contributed by atoms with Crippen LogP contribution in [0.4, 0.5) is 0 Å². The van der Waals surface area contributed by atoms with Crippen molar-refractivity contribution in [2.75, 3.05) is 18.2 Å². The van der Waals surface area contributed by atoms with Gasteiger partial charge in [0.25, 0.3) is 0 Å². The average molecular weight is 226 g/mol. The topological polar surface area (TPSA) is 37.4 Å². The molecule has 1 atom stereocenters. The van der Waals surface area contributed by atoms with E-state index >= 15 is 0 Å². The van der Waals surface area contributed by atoms with Crippen LogP contribution in [0.3, 0.4) is 0 Å². The highest BCUT2D eigenvalue weighted by Crippen LogP contribution is 2.22. The fourth-order valence-electron chi connectivity index (χ4n) is 1.70. The maximum atomic E-state index is 11.7. The lowest BCUT2D eigenvalue weighted by Crippen LogP contribution is -2.37. The Morgan fingerprint density at radius 3 is 2.77 bits per heavy atom. The van der Waals surface area contributed by atoms with Crippen molar-refractivity contribution in [3.05, 3.63) is 0 Å². The van der Waals surface area contributed by atoms with E-state index in [1.54, 1.807) is 4.31 Å². The molecule has 1 aliphatic heterocycles. The van der Waals surface area contributed by atoms with Crippen LogP contribution in [0.25, 0.3) is 0 Å². The fraction of sp³-hybridized carbons (Fsp3) is 1.00. The van der Waals surface area contributed by atoms with Crippen molar-refractivity contribution in [3.8, 4) is 0 Å². The normalized spacial score (nSPS) is 25.2. The first-order chi connectivity index (χ1) is 6.11. The molecule has 0 aliphatic carbocycles. The van der Waals surface area contributed by atoms with Crippen molar-refractivity contribution in [1.82, 2.24) is 4.31 Å². The average Bonchev–Trinajstić information content (AvgIpc) is 2.51. The van der Waals surface area contributed by atoms with Crippen LogP contribution in [0.15, 0.2) is 0 Å². The van der Waals surface area contributed by atoms with E-state index < -0.39 is 10.0 Å². The van der Waals surface area contributed by atoms with E-state index in [2.05, 4.69) is 0 Å². The predicted octanol–water partition coefficient (Wildman–Crippen LogP) is 1.43. The standard InChI is InChI=1S/C8H16ClNO2S/c1-2-6-13(11,12)10-5-3-4-8(10)7-9/h8H,2-7H2,1H3. The Morgan fingerprint density at radius 2 is 2.23 bits per heavy atom. The maximum absolute atomic E-state index is 11.7. The Hall–Kier alpha value is 0.200. The maximum Gasteiger partial charge on any atom is 0.214 e. The summed E-state index contributed by atoms with van der Waals surface area (Å²) in [5.74, 6) is 0.670. The quantitative estimate of drug-likeness (QED) is 0.679. The summed E-state index contributed by atoms with van der Waals surface area (Å²) >= 11 is 5.70. The highest BCUT2D eigenvalue weighted by molar-refractivity contribution is 7.89. The van der Waals surface area contributed by atoms with E-state index in [0.717, 1.165) is 12.8 Å². The minimum absolute atomic E-state index is 0.0400. The molecular formula is C8H16ClNO2S. The number of rotatable bonds is 4. The Bertz CT molecular complexity index is 253. The molecule has 1 rings (SSSR count). The Kier molecular flexibility index (Phi) is 4.01. The number of nitrogens with zero attached hydrogens (tertiary/aromatic N) is 1. The molecule has 1 fully saturated rings. The Morgan fingerprint density at radius 1 is 1.54 bits per heavy atom. The first-order valence-corrected chi connectivity index (χ1v) is 6.81. The molecule has 78 valence electrons. The second kappa shape index (κ2) is 4.62. The summed E-state index contributed by atoms with van der Waals surface area (Å²) in [5.41, 5.74) is 0. The molecule has 1 saturated heterocycles. The molecule has 1 heterocycles. The van der Waals surface area contributed by atoms with Crippen molar-refractivity contribution >= 4 is 21.6 Å². The second-order valence-corrected chi connectivity index (χ2v) is 5.73. The van der Waals surface area contributed by atoms with Crippen molar-refractivity contribution in [3.63, 3.8) is 0 Å². The second-order valence-electron chi connectivity index (χ2n) is 3.38. The van der Waals surface area contributed by atoms with Crippen molar-refractivity contribution < 1.29 is 8.42 Å². The summed E-state index contributed by atoms with van der Waals surface area (Å²) in [4.78, 5) is 0. The van der Waals surface area contributed by atoms with Crippen LogP contribution in [-0.4, -0.2) is 36.9 Å². The molecule has 1 aliphatic rings. The van der Waals surface area contributed by atoms with Crippen LogP contribution >= 0.6 is 11.6 Å². The molecule has 0 N–H and O–H groups in total. The van der Waals surface area contributed by atoms with Gasteiger partial charge in [0.05, 0.1) is 5.75 Å². The van der Waals surface area contributed by atoms with E-state index in [1.807, 2.05) is 6.92 Å². The molecule has 0 bridgehead atoms. The number of sulfonamides is 1. The van der Waals surface area contributed by atoms with Gasteiger partial charge in [0.2, 0.25) is 10.0 Å². The molecule has 1 unspecified atom stereocenters. The zero-order valence-electron chi connectivity index (χ0n) is 7.87. The van der Waals surface area contributed by atoms with Gasteiger partial charge in [-0.25, -0.2) is 8.42 Å². The molecule has 0 amide bonds. The molecule has 0 aromatic heterocycles. The van der Waals surface area contributed by atoms with E-state index in [1.165, 1.54) is 0 Å². The smallest absolute Gasteiger partial charge is 0.212 e. The number of halogens is 1. The molecular weight excluding hydrogens is 210 g/mol. The highest BCUT2D eigenvalue weighted by Gasteiger charge is 2.32. The zero-order valence-corrected chi connectivity index (χ0v) is 9.44. The molecule has 0 radical (unpaired) electrons.